The Bertz CT molecular complexity index is 502. The lowest BCUT2D eigenvalue weighted by atomic mass is 9.95. The average molecular weight is 270 g/mol. The Balaban J connectivity index is 2.65. The fraction of sp³-hybridized carbons (Fsp3) is 0.462. The summed E-state index contributed by atoms with van der Waals surface area (Å²) >= 11 is 0. The summed E-state index contributed by atoms with van der Waals surface area (Å²) in [6, 6.07) is 6.78. The van der Waals surface area contributed by atoms with Gasteiger partial charge >= 0.3 is 5.97 Å². The van der Waals surface area contributed by atoms with Gasteiger partial charge in [0.15, 0.2) is 9.84 Å². The molecule has 1 unspecified atom stereocenters. The molecule has 4 nitrogen and oxygen atoms in total. The third kappa shape index (κ3) is 4.49. The van der Waals surface area contributed by atoms with Crippen LogP contribution in [0.2, 0.25) is 0 Å². The van der Waals surface area contributed by atoms with Gasteiger partial charge < -0.3 is 5.11 Å². The number of rotatable bonds is 6. The van der Waals surface area contributed by atoms with Crippen LogP contribution in [0.25, 0.3) is 0 Å². The van der Waals surface area contributed by atoms with E-state index < -0.39 is 15.8 Å². The van der Waals surface area contributed by atoms with Crippen molar-refractivity contribution >= 4 is 15.8 Å². The SMILES string of the molecule is CC(CCCC(=O)O)c1ccc(S(C)(=O)=O)cc1. The summed E-state index contributed by atoms with van der Waals surface area (Å²) in [6.45, 7) is 2.01. The first-order valence-corrected chi connectivity index (χ1v) is 7.71. The summed E-state index contributed by atoms with van der Waals surface area (Å²) in [5, 5.41) is 8.56. The molecule has 0 fully saturated rings. The van der Waals surface area contributed by atoms with E-state index in [1.54, 1.807) is 24.3 Å². The number of hydrogen-bond donors (Lipinski definition) is 1. The standard InChI is InChI=1S/C13H18O4S/c1-10(4-3-5-13(14)15)11-6-8-12(9-7-11)18(2,16)17/h6-10H,3-5H2,1-2H3,(H,14,15). The van der Waals surface area contributed by atoms with Gasteiger partial charge in [0.25, 0.3) is 0 Å². The van der Waals surface area contributed by atoms with Crippen LogP contribution in [0.3, 0.4) is 0 Å². The number of sulfone groups is 1. The minimum atomic E-state index is -3.15. The molecule has 1 atom stereocenters. The van der Waals surface area contributed by atoms with Gasteiger partial charge in [0.05, 0.1) is 4.90 Å². The predicted molar refractivity (Wildman–Crippen MR) is 69.5 cm³/mol. The Labute approximate surface area is 108 Å². The van der Waals surface area contributed by atoms with E-state index in [-0.39, 0.29) is 12.3 Å². The van der Waals surface area contributed by atoms with Crippen molar-refractivity contribution in [2.45, 2.75) is 37.0 Å². The molecule has 18 heavy (non-hydrogen) atoms. The quantitative estimate of drug-likeness (QED) is 0.861. The fourth-order valence-electron chi connectivity index (χ4n) is 1.77. The van der Waals surface area contributed by atoms with E-state index in [4.69, 9.17) is 5.11 Å². The monoisotopic (exact) mass is 270 g/mol. The van der Waals surface area contributed by atoms with Crippen molar-refractivity contribution in [1.29, 1.82) is 0 Å². The molecule has 0 aliphatic carbocycles. The molecule has 1 N–H and O–H groups in total. The lowest BCUT2D eigenvalue weighted by Gasteiger charge is -2.11. The second-order valence-corrected chi connectivity index (χ2v) is 6.54. The molecule has 1 rings (SSSR count). The molecule has 0 bridgehead atoms. The lowest BCUT2D eigenvalue weighted by molar-refractivity contribution is -0.137. The summed E-state index contributed by atoms with van der Waals surface area (Å²) in [6.07, 6.45) is 2.76. The topological polar surface area (TPSA) is 71.4 Å². The first-order valence-electron chi connectivity index (χ1n) is 5.82. The second kappa shape index (κ2) is 6.00. The molecule has 0 aromatic heterocycles. The maximum atomic E-state index is 11.3. The number of carbonyl (C=O) groups is 1. The minimum Gasteiger partial charge on any atom is -0.481 e. The Hall–Kier alpha value is -1.36. The van der Waals surface area contributed by atoms with Gasteiger partial charge in [-0.15, -0.1) is 0 Å². The van der Waals surface area contributed by atoms with Gasteiger partial charge in [0.1, 0.15) is 0 Å². The molecule has 1 aromatic rings. The number of aliphatic carboxylic acids is 1. The number of hydrogen-bond acceptors (Lipinski definition) is 3. The van der Waals surface area contributed by atoms with E-state index in [1.165, 1.54) is 6.26 Å². The van der Waals surface area contributed by atoms with Gasteiger partial charge in [0, 0.05) is 12.7 Å². The highest BCUT2D eigenvalue weighted by atomic mass is 32.2. The Morgan fingerprint density at radius 1 is 1.28 bits per heavy atom. The van der Waals surface area contributed by atoms with Crippen LogP contribution in [-0.2, 0) is 14.6 Å². The second-order valence-electron chi connectivity index (χ2n) is 4.53. The third-order valence-corrected chi connectivity index (χ3v) is 4.03. The van der Waals surface area contributed by atoms with Gasteiger partial charge in [-0.1, -0.05) is 19.1 Å². The summed E-state index contributed by atoms with van der Waals surface area (Å²) < 4.78 is 22.6. The highest BCUT2D eigenvalue weighted by Crippen LogP contribution is 2.22. The van der Waals surface area contributed by atoms with Crippen LogP contribution in [0.1, 0.15) is 37.7 Å². The first kappa shape index (κ1) is 14.7. The molecular weight excluding hydrogens is 252 g/mol. The van der Waals surface area contributed by atoms with Crippen molar-refractivity contribution in [2.75, 3.05) is 6.26 Å². The minimum absolute atomic E-state index is 0.172. The smallest absolute Gasteiger partial charge is 0.303 e. The van der Waals surface area contributed by atoms with Gasteiger partial charge in [-0.05, 0) is 36.5 Å². The maximum absolute atomic E-state index is 11.3. The van der Waals surface area contributed by atoms with Crippen molar-refractivity contribution < 1.29 is 18.3 Å². The van der Waals surface area contributed by atoms with Crippen LogP contribution in [-0.4, -0.2) is 25.7 Å². The zero-order chi connectivity index (χ0) is 13.8. The molecule has 0 radical (unpaired) electrons. The third-order valence-electron chi connectivity index (χ3n) is 2.91. The van der Waals surface area contributed by atoms with E-state index >= 15 is 0 Å². The first-order chi connectivity index (χ1) is 8.30. The van der Waals surface area contributed by atoms with Crippen LogP contribution in [0.5, 0.6) is 0 Å². The van der Waals surface area contributed by atoms with E-state index in [2.05, 4.69) is 0 Å². The molecule has 0 amide bonds. The summed E-state index contributed by atoms with van der Waals surface area (Å²) in [4.78, 5) is 10.7. The van der Waals surface area contributed by atoms with Crippen molar-refractivity contribution in [3.63, 3.8) is 0 Å². The summed E-state index contributed by atoms with van der Waals surface area (Å²) in [5.74, 6) is -0.549. The van der Waals surface area contributed by atoms with Gasteiger partial charge in [0.2, 0.25) is 0 Å². The zero-order valence-corrected chi connectivity index (χ0v) is 11.4. The van der Waals surface area contributed by atoms with Gasteiger partial charge in [-0.3, -0.25) is 4.79 Å². The van der Waals surface area contributed by atoms with Crippen LogP contribution in [0.4, 0.5) is 0 Å². The number of carboxylic acid groups (broad SMARTS) is 1. The molecule has 1 aromatic carbocycles. The van der Waals surface area contributed by atoms with Crippen molar-refractivity contribution in [1.82, 2.24) is 0 Å². The van der Waals surface area contributed by atoms with Crippen LogP contribution in [0.15, 0.2) is 29.2 Å². The largest absolute Gasteiger partial charge is 0.481 e. The summed E-state index contributed by atoms with van der Waals surface area (Å²) in [5.41, 5.74) is 1.03. The normalized spacial score (nSPS) is 13.2. The molecule has 0 spiro atoms. The lowest BCUT2D eigenvalue weighted by Crippen LogP contribution is -2.00. The van der Waals surface area contributed by atoms with Gasteiger partial charge in [-0.2, -0.15) is 0 Å². The van der Waals surface area contributed by atoms with Crippen LogP contribution >= 0.6 is 0 Å². The van der Waals surface area contributed by atoms with E-state index in [0.29, 0.717) is 11.3 Å². The summed E-state index contributed by atoms with van der Waals surface area (Å²) in [7, 11) is -3.15. The molecule has 0 saturated heterocycles. The fourth-order valence-corrected chi connectivity index (χ4v) is 2.40. The molecule has 0 saturated carbocycles. The Morgan fingerprint density at radius 3 is 2.28 bits per heavy atom. The molecule has 100 valence electrons. The van der Waals surface area contributed by atoms with Crippen LogP contribution < -0.4 is 0 Å². The molecule has 5 heteroatoms. The molecule has 0 aliphatic rings. The van der Waals surface area contributed by atoms with E-state index in [9.17, 15) is 13.2 Å². The maximum Gasteiger partial charge on any atom is 0.303 e. The average Bonchev–Trinajstić information content (AvgIpc) is 2.27. The van der Waals surface area contributed by atoms with Crippen LogP contribution in [0, 0.1) is 0 Å². The highest BCUT2D eigenvalue weighted by Gasteiger charge is 2.10. The van der Waals surface area contributed by atoms with Crippen molar-refractivity contribution in [2.24, 2.45) is 0 Å². The van der Waals surface area contributed by atoms with Gasteiger partial charge in [-0.25, -0.2) is 8.42 Å². The highest BCUT2D eigenvalue weighted by molar-refractivity contribution is 7.90. The molecular formula is C13H18O4S. The molecule has 0 heterocycles. The van der Waals surface area contributed by atoms with Crippen molar-refractivity contribution in [3.8, 4) is 0 Å². The van der Waals surface area contributed by atoms with E-state index in [1.807, 2.05) is 6.92 Å². The number of carboxylic acids is 1. The Kier molecular flexibility index (Phi) is 4.90. The van der Waals surface area contributed by atoms with E-state index in [0.717, 1.165) is 12.0 Å². The predicted octanol–water partition coefficient (Wildman–Crippen LogP) is 2.45. The molecule has 0 aliphatic heterocycles. The Morgan fingerprint density at radius 2 is 1.83 bits per heavy atom. The zero-order valence-electron chi connectivity index (χ0n) is 10.6. The van der Waals surface area contributed by atoms with Crippen molar-refractivity contribution in [3.05, 3.63) is 29.8 Å². The number of benzene rings is 1.